The SMILES string of the molecule is CCOc1ccc(B(OB(OB(OB(O)c2cc(OC)c(OC)c(OC)c2)c2ccc(Oc3ccccc3)cc2)c2cc(OC)c(OC)c(OC)c2)OB(OB(OB(O)c2cc(OC)c(OC)c(OC)c2)c2ccc(Oc3ccccc3)cc2)c2cc(OC)c(OC)c(OC)c2)cc1. The van der Waals surface area contributed by atoms with Gasteiger partial charge in [-0.25, -0.2) is 0 Å². The van der Waals surface area contributed by atoms with Crippen LogP contribution < -0.4 is 109 Å². The molecule has 0 radical (unpaired) electrons. The summed E-state index contributed by atoms with van der Waals surface area (Å²) in [4.78, 5) is 0. The van der Waals surface area contributed by atoms with Crippen LogP contribution >= 0.6 is 0 Å². The quantitative estimate of drug-likeness (QED) is 0.0430. The molecule has 0 spiro atoms. The lowest BCUT2D eigenvalue weighted by Crippen LogP contribution is -2.58. The minimum absolute atomic E-state index is 0.189. The lowest BCUT2D eigenvalue weighted by molar-refractivity contribution is 0.318. The maximum Gasteiger partial charge on any atom is 0.478 e. The topological polar surface area (TPSA) is 234 Å². The van der Waals surface area contributed by atoms with Gasteiger partial charge in [0, 0.05) is 0 Å². The van der Waals surface area contributed by atoms with E-state index in [2.05, 4.69) is 0 Å². The first-order valence-corrected chi connectivity index (χ1v) is 30.6. The van der Waals surface area contributed by atoms with Gasteiger partial charge < -0.3 is 109 Å². The number of hydrogen-bond acceptors (Lipinski definition) is 23. The van der Waals surface area contributed by atoms with Crippen molar-refractivity contribution < 1.29 is 109 Å². The van der Waals surface area contributed by atoms with Crippen molar-refractivity contribution in [1.29, 1.82) is 0 Å². The third-order valence-corrected chi connectivity index (χ3v) is 15.1. The van der Waals surface area contributed by atoms with Gasteiger partial charge in [0.15, 0.2) is 46.0 Å². The zero-order valence-electron chi connectivity index (χ0n) is 56.5. The number of hydrogen-bond donors (Lipinski definition) is 2. The maximum atomic E-state index is 12.4. The molecule has 0 aliphatic heterocycles. The number of para-hydroxylation sites is 2. The number of methoxy groups -OCH3 is 12. The Hall–Kier alpha value is -9.89. The summed E-state index contributed by atoms with van der Waals surface area (Å²) in [6.07, 6.45) is 0. The van der Waals surface area contributed by atoms with E-state index in [0.29, 0.717) is 51.7 Å². The summed E-state index contributed by atoms with van der Waals surface area (Å²) in [7, 11) is 6.02. The molecular formula is C68H73B7O23. The van der Waals surface area contributed by atoms with Crippen LogP contribution in [-0.2, 0) is 27.4 Å². The highest BCUT2D eigenvalue weighted by molar-refractivity contribution is 6.86. The molecule has 2 N–H and O–H groups in total. The number of ether oxygens (including phenoxy) is 15. The van der Waals surface area contributed by atoms with Crippen molar-refractivity contribution in [1.82, 2.24) is 0 Å². The Labute approximate surface area is 572 Å². The van der Waals surface area contributed by atoms with E-state index in [0.717, 1.165) is 0 Å². The third-order valence-electron chi connectivity index (χ3n) is 15.1. The lowest BCUT2D eigenvalue weighted by atomic mass is 9.63. The van der Waals surface area contributed by atoms with E-state index in [4.69, 9.17) is 98.5 Å². The van der Waals surface area contributed by atoms with Crippen molar-refractivity contribution in [3.8, 4) is 97.7 Å². The van der Waals surface area contributed by atoms with Gasteiger partial charge in [-0.1, -0.05) is 72.8 Å². The Morgan fingerprint density at radius 2 is 0.469 bits per heavy atom. The van der Waals surface area contributed by atoms with Crippen LogP contribution in [0.25, 0.3) is 0 Å². The summed E-state index contributed by atoms with van der Waals surface area (Å²) in [5.41, 5.74) is 1.96. The van der Waals surface area contributed by atoms with Gasteiger partial charge in [0.1, 0.15) is 28.7 Å². The molecule has 23 nitrogen and oxygen atoms in total. The Bertz CT molecular complexity index is 3650. The summed E-state index contributed by atoms with van der Waals surface area (Å²) in [6, 6.07) is 51.8. The zero-order valence-corrected chi connectivity index (χ0v) is 56.5. The molecule has 9 rings (SSSR count). The first-order valence-electron chi connectivity index (χ1n) is 30.6. The predicted octanol–water partition coefficient (Wildman–Crippen LogP) is 5.92. The van der Waals surface area contributed by atoms with E-state index < -0.39 is 49.8 Å². The smallest absolute Gasteiger partial charge is 0.478 e. The van der Waals surface area contributed by atoms with Gasteiger partial charge in [-0.05, 0) is 154 Å². The van der Waals surface area contributed by atoms with E-state index in [1.165, 1.54) is 85.3 Å². The molecule has 0 aromatic heterocycles. The molecule has 0 atom stereocenters. The summed E-state index contributed by atoms with van der Waals surface area (Å²) in [5, 5.41) is 24.8. The average molecular weight is 1330 g/mol. The van der Waals surface area contributed by atoms with Crippen LogP contribution in [0.4, 0.5) is 0 Å². The Balaban J connectivity index is 1.23. The molecule has 0 amide bonds. The van der Waals surface area contributed by atoms with Crippen LogP contribution in [0.15, 0.2) is 182 Å². The Morgan fingerprint density at radius 1 is 0.245 bits per heavy atom. The van der Waals surface area contributed by atoms with Gasteiger partial charge in [0.05, 0.1) is 91.9 Å². The molecule has 0 saturated carbocycles. The molecule has 0 bridgehead atoms. The highest BCUT2D eigenvalue weighted by Gasteiger charge is 2.44. The normalized spacial score (nSPS) is 10.7. The standard InChI is InChI=1S/C68H73B7O23/c1-14-90-52-31-25-47(26-32-52)73(97-74(50-41-61(82-6)67(88-12)62(42-50)83-7)95-71(45-27-33-55(34-28-45)91-53-21-17-15-18-22-53)93-69(76)48-37-57(78-2)65(86-10)58(38-48)79-3)98-75(51-43-63(84-8)68(89-13)64(44-51)85-9)96-72(46-29-35-56(36-30-46)92-54-23-19-16-20-24-54)94-70(77)49-39-59(80-4)66(87-11)60(40-49)81-5/h15-44,76-77H,14H2,1-13H3. The van der Waals surface area contributed by atoms with Gasteiger partial charge in [0.2, 0.25) is 23.0 Å². The maximum absolute atomic E-state index is 12.4. The summed E-state index contributed by atoms with van der Waals surface area (Å²) >= 11 is 0. The van der Waals surface area contributed by atoms with Crippen molar-refractivity contribution in [3.63, 3.8) is 0 Å². The molecule has 30 heteroatoms. The largest absolute Gasteiger partial charge is 0.494 e. The van der Waals surface area contributed by atoms with Crippen molar-refractivity contribution in [3.05, 3.63) is 182 Å². The highest BCUT2D eigenvalue weighted by atomic mass is 16.7. The third kappa shape index (κ3) is 17.8. The van der Waals surface area contributed by atoms with Crippen LogP contribution in [0, 0.1) is 0 Å². The lowest BCUT2D eigenvalue weighted by Gasteiger charge is -2.29. The van der Waals surface area contributed by atoms with Crippen LogP contribution in [0.2, 0.25) is 0 Å². The van der Waals surface area contributed by atoms with Gasteiger partial charge in [-0.2, -0.15) is 0 Å². The second-order valence-corrected chi connectivity index (χ2v) is 21.0. The number of benzene rings is 9. The van der Waals surface area contributed by atoms with Crippen molar-refractivity contribution in [2.24, 2.45) is 0 Å². The molecule has 9 aromatic carbocycles. The first-order chi connectivity index (χ1) is 47.8. The van der Waals surface area contributed by atoms with Crippen molar-refractivity contribution in [2.75, 3.05) is 91.9 Å². The molecule has 0 saturated heterocycles. The van der Waals surface area contributed by atoms with Gasteiger partial charge in [-0.3, -0.25) is 0 Å². The van der Waals surface area contributed by atoms with Gasteiger partial charge >= 0.3 is 49.8 Å². The first kappa shape index (κ1) is 72.4. The van der Waals surface area contributed by atoms with Gasteiger partial charge in [0.25, 0.3) is 0 Å². The van der Waals surface area contributed by atoms with Crippen LogP contribution in [0.3, 0.4) is 0 Å². The molecule has 9 aromatic rings. The molecule has 0 unspecified atom stereocenters. The monoisotopic (exact) mass is 1330 g/mol. The fourth-order valence-electron chi connectivity index (χ4n) is 10.3. The van der Waals surface area contributed by atoms with Gasteiger partial charge in [-0.15, -0.1) is 0 Å². The molecule has 504 valence electrons. The minimum atomic E-state index is -1.77. The molecule has 0 aliphatic rings. The fourth-order valence-corrected chi connectivity index (χ4v) is 10.3. The molecular weight excluding hydrogens is 1260 g/mol. The van der Waals surface area contributed by atoms with Crippen LogP contribution in [-0.4, -0.2) is 152 Å². The molecule has 0 fully saturated rings. The predicted molar refractivity (Wildman–Crippen MR) is 377 cm³/mol. The summed E-state index contributed by atoms with van der Waals surface area (Å²) in [6.45, 7) is 2.22. The van der Waals surface area contributed by atoms with E-state index in [1.807, 2.05) is 67.6 Å². The summed E-state index contributed by atoms with van der Waals surface area (Å²) in [5.74, 6) is 5.45. The number of rotatable bonds is 37. The second kappa shape index (κ2) is 35.4. The van der Waals surface area contributed by atoms with E-state index in [9.17, 15) is 10.0 Å². The van der Waals surface area contributed by atoms with Crippen molar-refractivity contribution in [2.45, 2.75) is 6.92 Å². The molecule has 0 heterocycles. The summed E-state index contributed by atoms with van der Waals surface area (Å²) < 4.78 is 130. The second-order valence-electron chi connectivity index (χ2n) is 21.0. The van der Waals surface area contributed by atoms with Crippen LogP contribution in [0.1, 0.15) is 6.92 Å². The van der Waals surface area contributed by atoms with E-state index in [-0.39, 0.29) is 90.8 Å². The zero-order chi connectivity index (χ0) is 69.7. The van der Waals surface area contributed by atoms with Crippen LogP contribution in [0.5, 0.6) is 97.7 Å². The fraction of sp³-hybridized carbons (Fsp3) is 0.206. The minimum Gasteiger partial charge on any atom is -0.494 e. The van der Waals surface area contributed by atoms with Crippen molar-refractivity contribution >= 4 is 88.1 Å². The van der Waals surface area contributed by atoms with E-state index >= 15 is 0 Å². The van der Waals surface area contributed by atoms with E-state index in [1.54, 1.807) is 121 Å². The Kier molecular flexibility index (Phi) is 26.1. The average Bonchev–Trinajstić information content (AvgIpc) is 0.816. The highest BCUT2D eigenvalue weighted by Crippen LogP contribution is 2.40. The Morgan fingerprint density at radius 3 is 0.714 bits per heavy atom. The molecule has 0 aliphatic carbocycles. The molecule has 98 heavy (non-hydrogen) atoms.